The molecule has 28 atom stereocenters. The lowest BCUT2D eigenvalue weighted by molar-refractivity contribution is -0.385. The Morgan fingerprint density at radius 2 is 0.790 bits per heavy atom. The number of hydrogen-bond acceptors (Lipinski definition) is 32. The topological polar surface area (TPSA) is 575 Å². The summed E-state index contributed by atoms with van der Waals surface area (Å²) in [7, 11) is 0. The Kier molecular flexibility index (Phi) is 51.7. The van der Waals surface area contributed by atoms with E-state index in [2.05, 4.69) is 148 Å². The first-order chi connectivity index (χ1) is 59.7. The maximum absolute atomic E-state index is 13.1. The Balaban J connectivity index is 0.972. The minimum absolute atomic E-state index is 0.0868. The molecule has 0 spiro atoms. The van der Waals surface area contributed by atoms with Crippen LogP contribution in [0.2, 0.25) is 0 Å². The monoisotopic (exact) mass is 1740 g/mol. The highest BCUT2D eigenvalue weighted by Crippen LogP contribution is 2.36. The first kappa shape index (κ1) is 106. The van der Waals surface area contributed by atoms with Crippen LogP contribution in [0.25, 0.3) is 0 Å². The second-order valence-corrected chi connectivity index (χ2v) is 29.6. The second-order valence-electron chi connectivity index (χ2n) is 29.6. The number of unbranched alkanes of at least 4 members (excludes halogenated alkanes) is 16. The van der Waals surface area contributed by atoms with Crippen molar-refractivity contribution in [1.82, 2.24) is 10.6 Å². The number of carboxylic acid groups (broad SMARTS) is 2. The average molecular weight is 1750 g/mol. The first-order valence-corrected chi connectivity index (χ1v) is 41.5. The SMILES string of the molecule is CC#CC#CC#CC#CC#CC#CC#CC#CC#CC#CC#CC(=O)N[C@@H](COC1OC(COCCCCCCNC(=O)CCCCC(=O)CCCCOC2OC(CO)C(OC3OC(C(=O)O)C(O)C(OC4OC(CO)C(OC5OC(C(=O)O)C(O)C(O)C5O)C(O)C4O)C3O)C(O)C2O)C(O)C(O)C1O)[C@H](O)[C@H](O)CCCCCCCCCCCCCC. The van der Waals surface area contributed by atoms with Crippen LogP contribution in [0, 0.1) is 130 Å². The van der Waals surface area contributed by atoms with Crippen LogP contribution in [-0.4, -0.2) is 339 Å². The lowest BCUT2D eigenvalue weighted by Crippen LogP contribution is -2.68. The number of aliphatic carboxylic acids is 2. The number of Topliss-reactive ketones (excluding diaryl/α,β-unsaturated/α-hetero) is 1. The summed E-state index contributed by atoms with van der Waals surface area (Å²) in [5.41, 5.74) is 0. The van der Waals surface area contributed by atoms with Gasteiger partial charge in [-0.2, -0.15) is 0 Å². The van der Waals surface area contributed by atoms with Crippen molar-refractivity contribution in [1.29, 1.82) is 0 Å². The average Bonchev–Trinajstić information content (AvgIpc) is 0.758. The first-order valence-electron chi connectivity index (χ1n) is 41.5. The van der Waals surface area contributed by atoms with E-state index >= 15 is 0 Å². The number of aliphatic hydroxyl groups is 16. The van der Waals surface area contributed by atoms with E-state index in [-0.39, 0.29) is 63.6 Å². The molecule has 5 heterocycles. The Labute approximate surface area is 721 Å². The van der Waals surface area contributed by atoms with Gasteiger partial charge in [-0.15, -0.1) is 0 Å². The van der Waals surface area contributed by atoms with E-state index in [1.165, 1.54) is 44.9 Å². The van der Waals surface area contributed by atoms with Gasteiger partial charge < -0.3 is 155 Å². The Morgan fingerprint density at radius 3 is 1.32 bits per heavy atom. The highest BCUT2D eigenvalue weighted by Gasteiger charge is 2.57. The van der Waals surface area contributed by atoms with E-state index in [0.29, 0.717) is 51.5 Å². The van der Waals surface area contributed by atoms with Crippen molar-refractivity contribution in [3.8, 4) is 130 Å². The van der Waals surface area contributed by atoms with Gasteiger partial charge in [-0.3, -0.25) is 14.4 Å². The van der Waals surface area contributed by atoms with Crippen LogP contribution in [0.4, 0.5) is 0 Å². The van der Waals surface area contributed by atoms with Crippen LogP contribution in [-0.2, 0) is 76.1 Å². The van der Waals surface area contributed by atoms with Gasteiger partial charge in [0.25, 0.3) is 5.91 Å². The third-order valence-corrected chi connectivity index (χ3v) is 20.2. The summed E-state index contributed by atoms with van der Waals surface area (Å²) in [6.45, 7) is 1.58. The molecule has 0 aromatic rings. The van der Waals surface area contributed by atoms with Gasteiger partial charge in [-0.1, -0.05) is 103 Å². The van der Waals surface area contributed by atoms with Crippen molar-refractivity contribution in [2.45, 2.75) is 340 Å². The highest BCUT2D eigenvalue weighted by molar-refractivity contribution is 5.94. The van der Waals surface area contributed by atoms with Gasteiger partial charge in [0.05, 0.1) is 38.6 Å². The maximum Gasteiger partial charge on any atom is 0.335 e. The minimum Gasteiger partial charge on any atom is -0.479 e. The maximum atomic E-state index is 13.1. The fraction of sp³-hybridized carbons (Fsp3) is 0.693. The standard InChI is InChI=1S/C88H116N2O34/c1-3-5-7-9-11-13-15-17-18-19-20-21-22-23-24-25-27-29-31-33-37-48-63(96)90-57(64(97)58(94)46-36-32-30-28-26-16-14-12-10-8-6-4-2)54-116-85-71(104)66(99)65(98)61(119-85)55-114-50-42-35-34-41-49-89-62(95)47-39-38-44-56(93)45-40-43-51-115-84-73(106)69(102)77(59(52-91)117-84)121-88-76(109)79(75(108)81(124-88)83(112)113)122-86-74(107)70(103)78(60(53-92)118-86)120-87-72(105)67(100)68(101)80(123-87)82(110)111/h57-61,64-81,84-88,91-92,94,97-109H,4,6,8,10,12,14,16,26,28,30,32,34-36,38-47,49-55H2,1-2H3,(H,89,95)(H,90,96)(H,110,111)(H,112,113)/t57-,58+,59?,60?,61?,64-,65?,66?,67?,68?,69?,70?,71?,72?,73?,74?,75?,76?,77?,78?,79?,80?,81?,84?,85?,86?,87?,88?/m0/s1. The number of aliphatic hydroxyl groups excluding tert-OH is 16. The highest BCUT2D eigenvalue weighted by atomic mass is 16.8. The van der Waals surface area contributed by atoms with Crippen molar-refractivity contribution in [3.63, 3.8) is 0 Å². The summed E-state index contributed by atoms with van der Waals surface area (Å²) in [4.78, 5) is 62.4. The quantitative estimate of drug-likeness (QED) is 0.0202. The summed E-state index contributed by atoms with van der Waals surface area (Å²) in [5.74, 6) is 49.6. The van der Waals surface area contributed by atoms with Gasteiger partial charge in [0, 0.05) is 68.6 Å². The molecule has 0 aromatic carbocycles. The van der Waals surface area contributed by atoms with Crippen LogP contribution in [0.3, 0.4) is 0 Å². The predicted octanol–water partition coefficient (Wildman–Crippen LogP) is -4.37. The summed E-state index contributed by atoms with van der Waals surface area (Å²) >= 11 is 0. The number of rotatable bonds is 49. The second kappa shape index (κ2) is 60.3. The van der Waals surface area contributed by atoms with Gasteiger partial charge in [0.2, 0.25) is 5.91 Å². The molecule has 0 aromatic heterocycles. The lowest BCUT2D eigenvalue weighted by Gasteiger charge is -2.48. The number of nitrogens with one attached hydrogen (secondary N) is 2. The molecular formula is C88H116N2O34. The summed E-state index contributed by atoms with van der Waals surface area (Å²) < 4.78 is 61.4. The summed E-state index contributed by atoms with van der Waals surface area (Å²) in [6.07, 6.45) is -34.1. The molecule has 20 N–H and O–H groups in total. The number of hydrogen-bond donors (Lipinski definition) is 20. The van der Waals surface area contributed by atoms with Crippen LogP contribution < -0.4 is 10.6 Å². The van der Waals surface area contributed by atoms with E-state index in [1.54, 1.807) is 6.92 Å². The van der Waals surface area contributed by atoms with E-state index in [9.17, 15) is 116 Å². The molecule has 5 fully saturated rings. The number of ether oxygens (including phenoxy) is 11. The number of carbonyl (C=O) groups excluding carboxylic acids is 3. The van der Waals surface area contributed by atoms with Crippen molar-refractivity contribution < 1.29 is 168 Å². The molecule has 0 saturated carbocycles. The molecule has 0 aliphatic carbocycles. The molecule has 5 aliphatic heterocycles. The number of carboxylic acids is 2. The number of carbonyl (C=O) groups is 5. The molecular weight excluding hydrogens is 1630 g/mol. The molecule has 5 aliphatic rings. The fourth-order valence-corrected chi connectivity index (χ4v) is 13.4. The third-order valence-electron chi connectivity index (χ3n) is 20.2. The zero-order chi connectivity index (χ0) is 90.7. The molecule has 2 amide bonds. The Morgan fingerprint density at radius 1 is 0.387 bits per heavy atom. The van der Waals surface area contributed by atoms with Gasteiger partial charge in [-0.25, -0.2) is 9.59 Å². The van der Waals surface area contributed by atoms with Crippen LogP contribution in [0.5, 0.6) is 0 Å². The summed E-state index contributed by atoms with van der Waals surface area (Å²) in [5, 5.41) is 198. The van der Waals surface area contributed by atoms with Gasteiger partial charge in [0.1, 0.15) is 122 Å². The van der Waals surface area contributed by atoms with Crippen molar-refractivity contribution in [2.24, 2.45) is 0 Å². The van der Waals surface area contributed by atoms with Crippen molar-refractivity contribution in [3.05, 3.63) is 0 Å². The molecule has 5 rings (SSSR count). The van der Waals surface area contributed by atoms with Gasteiger partial charge >= 0.3 is 11.9 Å². The lowest BCUT2D eigenvalue weighted by atomic mass is 9.95. The van der Waals surface area contributed by atoms with E-state index in [4.69, 9.17) is 52.1 Å². The number of ketones is 1. The molecule has 0 radical (unpaired) electrons. The van der Waals surface area contributed by atoms with Crippen molar-refractivity contribution in [2.75, 3.05) is 46.2 Å². The van der Waals surface area contributed by atoms with E-state index in [1.807, 2.05) is 0 Å². The molecule has 0 bridgehead atoms. The molecule has 36 nitrogen and oxygen atoms in total. The van der Waals surface area contributed by atoms with Gasteiger partial charge in [0.15, 0.2) is 43.7 Å². The molecule has 36 heteroatoms. The van der Waals surface area contributed by atoms with Gasteiger partial charge in [-0.05, 0) is 147 Å². The number of amides is 2. The van der Waals surface area contributed by atoms with E-state index in [0.717, 1.165) is 32.1 Å². The zero-order valence-electron chi connectivity index (χ0n) is 69.2. The predicted molar refractivity (Wildman–Crippen MR) is 432 cm³/mol. The van der Waals surface area contributed by atoms with Crippen LogP contribution in [0.15, 0.2) is 0 Å². The Hall–Kier alpha value is -8.37. The zero-order valence-corrected chi connectivity index (χ0v) is 69.2. The van der Waals surface area contributed by atoms with E-state index < -0.39 is 209 Å². The van der Waals surface area contributed by atoms with Crippen LogP contribution in [0.1, 0.15) is 168 Å². The Bertz CT molecular complexity index is 4050. The fourth-order valence-electron chi connectivity index (χ4n) is 13.4. The van der Waals surface area contributed by atoms with Crippen LogP contribution >= 0.6 is 0 Å². The molecule has 124 heavy (non-hydrogen) atoms. The summed E-state index contributed by atoms with van der Waals surface area (Å²) in [6, 6.07) is -1.31. The largest absolute Gasteiger partial charge is 0.479 e. The smallest absolute Gasteiger partial charge is 0.335 e. The molecule has 25 unspecified atom stereocenters. The molecule has 682 valence electrons. The normalized spacial score (nSPS) is 29.7. The molecule has 5 saturated heterocycles. The van der Waals surface area contributed by atoms with Crippen molar-refractivity contribution >= 4 is 29.5 Å². The minimum atomic E-state index is -2.32. The third kappa shape index (κ3) is 37.3.